The van der Waals surface area contributed by atoms with E-state index in [9.17, 15) is 4.39 Å². The number of halogens is 2. The molecule has 2 N–H and O–H groups in total. The van der Waals surface area contributed by atoms with Gasteiger partial charge in [0.2, 0.25) is 5.95 Å². The quantitative estimate of drug-likeness (QED) is 0.681. The molecule has 0 spiro atoms. The number of pyridine rings is 1. The highest BCUT2D eigenvalue weighted by Crippen LogP contribution is 2.35. The number of likely N-dealkylation sites (tertiary alicyclic amines) is 1. The molecule has 4 heterocycles. The first-order valence-electron chi connectivity index (χ1n) is 7.66. The predicted molar refractivity (Wildman–Crippen MR) is 94.0 cm³/mol. The number of nitrogens with two attached hydrogens (primary N) is 1. The van der Waals surface area contributed by atoms with Crippen molar-refractivity contribution in [1.82, 2.24) is 24.4 Å². The van der Waals surface area contributed by atoms with Crippen LogP contribution in [0, 0.1) is 5.82 Å². The van der Waals surface area contributed by atoms with Crippen molar-refractivity contribution in [2.24, 2.45) is 0 Å². The van der Waals surface area contributed by atoms with Gasteiger partial charge in [0.1, 0.15) is 10.3 Å². The highest BCUT2D eigenvalue weighted by molar-refractivity contribution is 9.10. The smallest absolute Gasteiger partial charge is 0.220 e. The first-order valence-corrected chi connectivity index (χ1v) is 8.45. The first-order chi connectivity index (χ1) is 11.5. The van der Waals surface area contributed by atoms with Crippen LogP contribution in [0.25, 0.3) is 22.2 Å². The lowest BCUT2D eigenvalue weighted by molar-refractivity contribution is 0.395. The van der Waals surface area contributed by atoms with Crippen LogP contribution >= 0.6 is 15.9 Å². The van der Waals surface area contributed by atoms with Crippen LogP contribution in [-0.4, -0.2) is 44.6 Å². The van der Waals surface area contributed by atoms with Crippen molar-refractivity contribution >= 4 is 32.8 Å². The zero-order valence-electron chi connectivity index (χ0n) is 13.1. The van der Waals surface area contributed by atoms with Crippen molar-refractivity contribution < 1.29 is 4.39 Å². The number of anilines is 1. The van der Waals surface area contributed by atoms with Gasteiger partial charge in [0.05, 0.1) is 17.9 Å². The van der Waals surface area contributed by atoms with E-state index in [1.165, 1.54) is 0 Å². The van der Waals surface area contributed by atoms with Crippen LogP contribution < -0.4 is 5.73 Å². The number of rotatable bonds is 2. The third kappa shape index (κ3) is 2.55. The molecule has 3 aromatic rings. The molecular formula is C16H16BrFN6. The van der Waals surface area contributed by atoms with E-state index in [4.69, 9.17) is 5.73 Å². The predicted octanol–water partition coefficient (Wildman–Crippen LogP) is 2.85. The van der Waals surface area contributed by atoms with Crippen molar-refractivity contribution in [2.75, 3.05) is 25.9 Å². The van der Waals surface area contributed by atoms with Crippen LogP contribution in [0.2, 0.25) is 0 Å². The number of nitrogen functional groups attached to an aromatic ring is 1. The lowest BCUT2D eigenvalue weighted by atomic mass is 10.1. The molecular weight excluding hydrogens is 375 g/mol. The minimum Gasteiger partial charge on any atom is -0.368 e. The largest absolute Gasteiger partial charge is 0.368 e. The number of nitrogens with zero attached hydrogens (tertiary/aromatic N) is 5. The van der Waals surface area contributed by atoms with Gasteiger partial charge in [0.25, 0.3) is 0 Å². The van der Waals surface area contributed by atoms with Crippen molar-refractivity contribution in [2.45, 2.75) is 12.5 Å². The van der Waals surface area contributed by atoms with Gasteiger partial charge in [-0.1, -0.05) is 0 Å². The molecule has 6 nitrogen and oxygen atoms in total. The highest BCUT2D eigenvalue weighted by Gasteiger charge is 2.25. The SMILES string of the molecule is CN1CCC(n2cc(-c3nc(N)ncc3F)c3cc(Br)ncc32)C1. The Kier molecular flexibility index (Phi) is 3.73. The summed E-state index contributed by atoms with van der Waals surface area (Å²) in [5.74, 6) is -0.430. The van der Waals surface area contributed by atoms with Gasteiger partial charge in [-0.3, -0.25) is 0 Å². The molecule has 1 saturated heterocycles. The molecule has 0 amide bonds. The van der Waals surface area contributed by atoms with E-state index in [1.54, 1.807) is 0 Å². The van der Waals surface area contributed by atoms with E-state index >= 15 is 0 Å². The van der Waals surface area contributed by atoms with E-state index in [0.29, 0.717) is 16.2 Å². The van der Waals surface area contributed by atoms with Gasteiger partial charge in [-0.15, -0.1) is 0 Å². The average Bonchev–Trinajstić information content (AvgIpc) is 3.13. The lowest BCUT2D eigenvalue weighted by Gasteiger charge is -2.14. The Bertz CT molecular complexity index is 924. The summed E-state index contributed by atoms with van der Waals surface area (Å²) in [7, 11) is 2.10. The summed E-state index contributed by atoms with van der Waals surface area (Å²) >= 11 is 3.39. The second-order valence-corrected chi connectivity index (χ2v) is 6.92. The maximum atomic E-state index is 14.3. The summed E-state index contributed by atoms with van der Waals surface area (Å²) in [5.41, 5.74) is 7.55. The molecule has 1 atom stereocenters. The molecule has 8 heteroatoms. The Morgan fingerprint density at radius 2 is 2.17 bits per heavy atom. The summed E-state index contributed by atoms with van der Waals surface area (Å²) in [4.78, 5) is 14.4. The van der Waals surface area contributed by atoms with Gasteiger partial charge >= 0.3 is 0 Å². The van der Waals surface area contributed by atoms with E-state index in [0.717, 1.165) is 36.6 Å². The molecule has 0 saturated carbocycles. The lowest BCUT2D eigenvalue weighted by Crippen LogP contribution is -2.15. The van der Waals surface area contributed by atoms with Crippen LogP contribution in [0.5, 0.6) is 0 Å². The maximum Gasteiger partial charge on any atom is 0.220 e. The average molecular weight is 391 g/mol. The molecule has 124 valence electrons. The Morgan fingerprint density at radius 3 is 2.92 bits per heavy atom. The zero-order valence-corrected chi connectivity index (χ0v) is 14.7. The summed E-state index contributed by atoms with van der Waals surface area (Å²) in [6.07, 6.45) is 5.92. The molecule has 1 unspecified atom stereocenters. The Hall–Kier alpha value is -2.06. The van der Waals surface area contributed by atoms with Gasteiger partial charge < -0.3 is 15.2 Å². The summed E-state index contributed by atoms with van der Waals surface area (Å²) in [6.45, 7) is 1.99. The number of hydrogen-bond acceptors (Lipinski definition) is 5. The third-order valence-corrected chi connectivity index (χ3v) is 4.90. The molecule has 0 aromatic carbocycles. The van der Waals surface area contributed by atoms with Crippen LogP contribution in [0.15, 0.2) is 29.3 Å². The van der Waals surface area contributed by atoms with Crippen molar-refractivity contribution in [1.29, 1.82) is 0 Å². The van der Waals surface area contributed by atoms with Gasteiger partial charge in [0, 0.05) is 29.7 Å². The number of likely N-dealkylation sites (N-methyl/N-ethyl adjacent to an activating group) is 1. The van der Waals surface area contributed by atoms with E-state index in [1.807, 2.05) is 18.5 Å². The minimum atomic E-state index is -0.486. The van der Waals surface area contributed by atoms with Crippen LogP contribution in [0.4, 0.5) is 10.3 Å². The second kappa shape index (κ2) is 5.78. The fourth-order valence-electron chi connectivity index (χ4n) is 3.32. The fraction of sp³-hybridized carbons (Fsp3) is 0.312. The minimum absolute atomic E-state index is 0.0565. The van der Waals surface area contributed by atoms with Gasteiger partial charge in [-0.05, 0) is 42.0 Å². The molecule has 0 bridgehead atoms. The van der Waals surface area contributed by atoms with E-state index in [-0.39, 0.29) is 11.6 Å². The molecule has 1 fully saturated rings. The second-order valence-electron chi connectivity index (χ2n) is 6.10. The summed E-state index contributed by atoms with van der Waals surface area (Å²) in [5, 5.41) is 0.892. The van der Waals surface area contributed by atoms with Crippen molar-refractivity contribution in [3.8, 4) is 11.3 Å². The Balaban J connectivity index is 1.95. The monoisotopic (exact) mass is 390 g/mol. The number of fused-ring (bicyclic) bond motifs is 1. The third-order valence-electron chi connectivity index (χ3n) is 4.46. The van der Waals surface area contributed by atoms with Gasteiger partial charge in [-0.25, -0.2) is 19.3 Å². The first kappa shape index (κ1) is 15.5. The molecule has 4 rings (SSSR count). The van der Waals surface area contributed by atoms with Crippen LogP contribution in [0.3, 0.4) is 0 Å². The topological polar surface area (TPSA) is 72.9 Å². The maximum absolute atomic E-state index is 14.3. The van der Waals surface area contributed by atoms with E-state index < -0.39 is 5.82 Å². The molecule has 1 aliphatic rings. The van der Waals surface area contributed by atoms with Crippen LogP contribution in [-0.2, 0) is 0 Å². The van der Waals surface area contributed by atoms with Crippen molar-refractivity contribution in [3.63, 3.8) is 0 Å². The zero-order chi connectivity index (χ0) is 16.8. The number of aromatic nitrogens is 4. The normalized spacial score (nSPS) is 18.5. The molecule has 1 aliphatic heterocycles. The summed E-state index contributed by atoms with van der Waals surface area (Å²) < 4.78 is 17.2. The standard InChI is InChI=1S/C16H16BrFN6/c1-23-3-2-9(7-23)24-8-11(10-4-14(17)20-6-13(10)24)15-12(18)5-21-16(19)22-15/h4-6,8-9H,2-3,7H2,1H3,(H2,19,21,22). The van der Waals surface area contributed by atoms with Gasteiger partial charge in [-0.2, -0.15) is 0 Å². The van der Waals surface area contributed by atoms with Crippen LogP contribution in [0.1, 0.15) is 12.5 Å². The Labute approximate surface area is 146 Å². The fourth-order valence-corrected chi connectivity index (χ4v) is 3.65. The van der Waals surface area contributed by atoms with Gasteiger partial charge in [0.15, 0.2) is 5.82 Å². The highest BCUT2D eigenvalue weighted by atomic mass is 79.9. The molecule has 24 heavy (non-hydrogen) atoms. The number of hydrogen-bond donors (Lipinski definition) is 1. The molecule has 3 aromatic heterocycles. The Morgan fingerprint density at radius 1 is 1.33 bits per heavy atom. The molecule has 0 aliphatic carbocycles. The molecule has 0 radical (unpaired) electrons. The summed E-state index contributed by atoms with van der Waals surface area (Å²) in [6, 6.07) is 2.22. The van der Waals surface area contributed by atoms with Crippen molar-refractivity contribution in [3.05, 3.63) is 35.1 Å². The van der Waals surface area contributed by atoms with E-state index in [2.05, 4.69) is 47.4 Å².